The van der Waals surface area contributed by atoms with Crippen molar-refractivity contribution in [3.05, 3.63) is 71.8 Å². The Hall–Kier alpha value is -4.82. The fraction of sp³-hybridized carbons (Fsp3) is 0.357. The largest absolute Gasteiger partial charge is 0.481 e. The van der Waals surface area contributed by atoms with E-state index in [0.717, 1.165) is 11.1 Å². The molecule has 3 amide bonds. The number of nitrogens with two attached hydrogens (primary N) is 2. The Balaban J connectivity index is 0.000000420. The molecule has 0 aliphatic rings. The third kappa shape index (κ3) is 13.5. The van der Waals surface area contributed by atoms with E-state index in [4.69, 9.17) is 21.7 Å². The van der Waals surface area contributed by atoms with Gasteiger partial charge in [0, 0.05) is 19.9 Å². The molecule has 2 aromatic carbocycles. The summed E-state index contributed by atoms with van der Waals surface area (Å²) in [6, 6.07) is 14.1. The van der Waals surface area contributed by atoms with E-state index in [0.29, 0.717) is 6.42 Å². The predicted octanol–water partition coefficient (Wildman–Crippen LogP) is -1.05. The van der Waals surface area contributed by atoms with E-state index in [-0.39, 0.29) is 12.3 Å². The Morgan fingerprint density at radius 1 is 0.690 bits per heavy atom. The van der Waals surface area contributed by atoms with Gasteiger partial charge in [-0.1, -0.05) is 60.7 Å². The van der Waals surface area contributed by atoms with Crippen LogP contribution in [0.5, 0.6) is 0 Å². The third-order valence-electron chi connectivity index (χ3n) is 5.71. The van der Waals surface area contributed by atoms with Crippen LogP contribution in [0.3, 0.4) is 0 Å². The number of esters is 1. The lowest BCUT2D eigenvalue weighted by atomic mass is 10.0. The first-order chi connectivity index (χ1) is 19.9. The number of methoxy groups -OCH3 is 1. The first-order valence-electron chi connectivity index (χ1n) is 12.8. The molecule has 0 saturated heterocycles. The molecule has 0 bridgehead atoms. The SMILES string of the molecule is CNC(=O)[C@H](Cc1ccccc1)NC(=O)[C@@H](N)CC(=O)O.COC(=O)C(Cc1ccccc1)NC(=O)C(N)CC(=O)O. The van der Waals surface area contributed by atoms with Gasteiger partial charge in [0.2, 0.25) is 17.7 Å². The number of carboxylic acids is 2. The number of amides is 3. The summed E-state index contributed by atoms with van der Waals surface area (Å²) in [5, 5.41) is 24.6. The summed E-state index contributed by atoms with van der Waals surface area (Å²) in [7, 11) is 2.67. The Labute approximate surface area is 242 Å². The first kappa shape index (κ1) is 35.2. The van der Waals surface area contributed by atoms with Crippen LogP contribution in [-0.4, -0.2) is 84.2 Å². The predicted molar refractivity (Wildman–Crippen MR) is 151 cm³/mol. The van der Waals surface area contributed by atoms with Gasteiger partial charge in [-0.05, 0) is 11.1 Å². The Bertz CT molecular complexity index is 1100. The number of rotatable bonds is 14. The fourth-order valence-corrected chi connectivity index (χ4v) is 3.54. The van der Waals surface area contributed by atoms with E-state index < -0.39 is 66.7 Å². The maximum Gasteiger partial charge on any atom is 0.328 e. The second-order valence-corrected chi connectivity index (χ2v) is 9.05. The van der Waals surface area contributed by atoms with Gasteiger partial charge in [0.1, 0.15) is 12.1 Å². The highest BCUT2D eigenvalue weighted by molar-refractivity contribution is 5.91. The maximum atomic E-state index is 11.8. The molecular formula is C28H37N5O9. The van der Waals surface area contributed by atoms with Gasteiger partial charge in [-0.3, -0.25) is 24.0 Å². The van der Waals surface area contributed by atoms with Gasteiger partial charge in [-0.2, -0.15) is 0 Å². The summed E-state index contributed by atoms with van der Waals surface area (Å²) < 4.78 is 4.64. The number of hydrogen-bond donors (Lipinski definition) is 7. The average Bonchev–Trinajstić information content (AvgIpc) is 2.96. The average molecular weight is 588 g/mol. The number of ether oxygens (including phenoxy) is 1. The Morgan fingerprint density at radius 2 is 1.07 bits per heavy atom. The molecule has 2 unspecified atom stereocenters. The molecule has 0 radical (unpaired) electrons. The number of hydrogen-bond acceptors (Lipinski definition) is 9. The zero-order valence-corrected chi connectivity index (χ0v) is 23.3. The molecular weight excluding hydrogens is 550 g/mol. The molecule has 2 rings (SSSR count). The lowest BCUT2D eigenvalue weighted by Crippen LogP contribution is -2.52. The number of benzene rings is 2. The second-order valence-electron chi connectivity index (χ2n) is 9.05. The lowest BCUT2D eigenvalue weighted by molar-refractivity contribution is -0.145. The van der Waals surface area contributed by atoms with Crippen LogP contribution in [0.15, 0.2) is 60.7 Å². The number of nitrogens with one attached hydrogen (secondary N) is 3. The van der Waals surface area contributed by atoms with Crippen LogP contribution in [0.2, 0.25) is 0 Å². The molecule has 0 aliphatic carbocycles. The van der Waals surface area contributed by atoms with Gasteiger partial charge < -0.3 is 42.4 Å². The van der Waals surface area contributed by atoms with Crippen LogP contribution in [0.25, 0.3) is 0 Å². The zero-order valence-electron chi connectivity index (χ0n) is 23.3. The summed E-state index contributed by atoms with van der Waals surface area (Å²) in [6.45, 7) is 0. The van der Waals surface area contributed by atoms with Crippen molar-refractivity contribution in [1.82, 2.24) is 16.0 Å². The quantitative estimate of drug-likeness (QED) is 0.132. The van der Waals surface area contributed by atoms with E-state index >= 15 is 0 Å². The first-order valence-corrected chi connectivity index (χ1v) is 12.8. The van der Waals surface area contributed by atoms with Crippen molar-refractivity contribution in [1.29, 1.82) is 0 Å². The van der Waals surface area contributed by atoms with E-state index in [1.807, 2.05) is 48.5 Å². The molecule has 0 aromatic heterocycles. The molecule has 9 N–H and O–H groups in total. The third-order valence-corrected chi connectivity index (χ3v) is 5.71. The minimum absolute atomic E-state index is 0.235. The van der Waals surface area contributed by atoms with E-state index in [1.54, 1.807) is 12.1 Å². The van der Waals surface area contributed by atoms with Gasteiger partial charge in [0.15, 0.2) is 0 Å². The molecule has 14 nitrogen and oxygen atoms in total. The van der Waals surface area contributed by atoms with Crippen molar-refractivity contribution in [3.63, 3.8) is 0 Å². The number of carbonyl (C=O) groups is 6. The summed E-state index contributed by atoms with van der Waals surface area (Å²) in [5.74, 6) is -4.71. The summed E-state index contributed by atoms with van der Waals surface area (Å²) in [4.78, 5) is 68.2. The van der Waals surface area contributed by atoms with E-state index in [2.05, 4.69) is 20.7 Å². The van der Waals surface area contributed by atoms with Gasteiger partial charge in [-0.15, -0.1) is 0 Å². The van der Waals surface area contributed by atoms with Crippen molar-refractivity contribution in [2.75, 3.05) is 14.2 Å². The highest BCUT2D eigenvalue weighted by Crippen LogP contribution is 2.06. The van der Waals surface area contributed by atoms with Crippen molar-refractivity contribution in [2.24, 2.45) is 11.5 Å². The second kappa shape index (κ2) is 18.5. The number of carboxylic acid groups (broad SMARTS) is 2. The van der Waals surface area contributed by atoms with Crippen molar-refractivity contribution >= 4 is 35.6 Å². The molecule has 0 fully saturated rings. The lowest BCUT2D eigenvalue weighted by Gasteiger charge is -2.19. The molecule has 14 heteroatoms. The molecule has 2 aromatic rings. The molecule has 0 spiro atoms. The van der Waals surface area contributed by atoms with Crippen LogP contribution in [0.1, 0.15) is 24.0 Å². The van der Waals surface area contributed by atoms with Crippen molar-refractivity contribution < 1.29 is 43.7 Å². The molecule has 4 atom stereocenters. The van der Waals surface area contributed by atoms with E-state index in [1.165, 1.54) is 14.2 Å². The minimum atomic E-state index is -1.22. The van der Waals surface area contributed by atoms with Crippen molar-refractivity contribution in [3.8, 4) is 0 Å². The number of aliphatic carboxylic acids is 2. The summed E-state index contributed by atoms with van der Waals surface area (Å²) >= 11 is 0. The summed E-state index contributed by atoms with van der Waals surface area (Å²) in [6.07, 6.45) is -0.464. The molecule has 0 saturated carbocycles. The fourth-order valence-electron chi connectivity index (χ4n) is 3.54. The van der Waals surface area contributed by atoms with Gasteiger partial charge >= 0.3 is 17.9 Å². The van der Waals surface area contributed by atoms with Gasteiger partial charge in [0.05, 0.1) is 32.0 Å². The highest BCUT2D eigenvalue weighted by Gasteiger charge is 2.26. The van der Waals surface area contributed by atoms with Crippen LogP contribution < -0.4 is 27.4 Å². The van der Waals surface area contributed by atoms with Gasteiger partial charge in [0.25, 0.3) is 0 Å². The smallest absolute Gasteiger partial charge is 0.328 e. The van der Waals surface area contributed by atoms with Crippen molar-refractivity contribution in [2.45, 2.75) is 49.9 Å². The Kier molecular flexibility index (Phi) is 15.5. The Morgan fingerprint density at radius 3 is 1.43 bits per heavy atom. The zero-order chi connectivity index (χ0) is 31.7. The molecule has 0 heterocycles. The van der Waals surface area contributed by atoms with E-state index in [9.17, 15) is 28.8 Å². The van der Waals surface area contributed by atoms with Crippen LogP contribution in [0.4, 0.5) is 0 Å². The number of likely N-dealkylation sites (N-methyl/N-ethyl adjacent to an activating group) is 1. The molecule has 0 aliphatic heterocycles. The van der Waals surface area contributed by atoms with Crippen LogP contribution in [0, 0.1) is 0 Å². The van der Waals surface area contributed by atoms with Crippen LogP contribution >= 0.6 is 0 Å². The van der Waals surface area contributed by atoms with Gasteiger partial charge in [-0.25, -0.2) is 4.79 Å². The molecule has 42 heavy (non-hydrogen) atoms. The number of carbonyl (C=O) groups excluding carboxylic acids is 4. The maximum absolute atomic E-state index is 11.8. The monoisotopic (exact) mass is 587 g/mol. The minimum Gasteiger partial charge on any atom is -0.481 e. The standard InChI is InChI=1S/C14H19N3O4.C14H18N2O5/c1-16-14(21)11(7-9-5-3-2-4-6-9)17-13(20)10(15)8-12(18)19;1-21-14(20)11(7-9-5-3-2-4-6-9)16-13(19)10(15)8-12(17)18/h2-6,10-11H,7-8,15H2,1H3,(H,16,21)(H,17,20)(H,18,19);2-6,10-11H,7-8,15H2,1H3,(H,16,19)(H,17,18)/t10-,11-;/m0./s1. The summed E-state index contributed by atoms with van der Waals surface area (Å²) in [5.41, 5.74) is 12.6. The topological polar surface area (TPSA) is 240 Å². The normalized spacial score (nSPS) is 13.0. The molecule has 228 valence electrons. The highest BCUT2D eigenvalue weighted by atomic mass is 16.5. The van der Waals surface area contributed by atoms with Crippen LogP contribution in [-0.2, 0) is 46.3 Å².